The van der Waals surface area contributed by atoms with Crippen molar-refractivity contribution in [3.63, 3.8) is 0 Å². The number of carbonyl (C=O) groups is 1. The van der Waals surface area contributed by atoms with Gasteiger partial charge in [-0.3, -0.25) is 4.79 Å². The molecular formula is C22H21N3O. The van der Waals surface area contributed by atoms with E-state index < -0.39 is 0 Å². The van der Waals surface area contributed by atoms with Crippen molar-refractivity contribution in [3.8, 4) is 6.07 Å². The summed E-state index contributed by atoms with van der Waals surface area (Å²) in [6.45, 7) is 7.07. The van der Waals surface area contributed by atoms with E-state index in [1.807, 2.05) is 41.8 Å². The van der Waals surface area contributed by atoms with E-state index >= 15 is 0 Å². The molecule has 0 unspecified atom stereocenters. The zero-order chi connectivity index (χ0) is 18.5. The van der Waals surface area contributed by atoms with E-state index in [9.17, 15) is 4.79 Å². The first-order valence-corrected chi connectivity index (χ1v) is 8.55. The Kier molecular flexibility index (Phi) is 5.19. The van der Waals surface area contributed by atoms with Crippen LogP contribution in [0.3, 0.4) is 0 Å². The predicted octanol–water partition coefficient (Wildman–Crippen LogP) is 4.04. The first-order chi connectivity index (χ1) is 12.6. The Balaban J connectivity index is 1.80. The average molecular weight is 343 g/mol. The maximum Gasteiger partial charge on any atom is 0.243 e. The van der Waals surface area contributed by atoms with Crippen molar-refractivity contribution < 1.29 is 4.79 Å². The number of benzene rings is 2. The molecule has 1 heterocycles. The summed E-state index contributed by atoms with van der Waals surface area (Å²) in [7, 11) is 0. The number of nitriles is 1. The molecule has 0 aliphatic carbocycles. The summed E-state index contributed by atoms with van der Waals surface area (Å²) in [5, 5.41) is 10.0. The van der Waals surface area contributed by atoms with Crippen LogP contribution in [0.4, 0.5) is 0 Å². The van der Waals surface area contributed by atoms with Gasteiger partial charge in [-0.25, -0.2) is 0 Å². The van der Waals surface area contributed by atoms with Gasteiger partial charge in [-0.2, -0.15) is 5.26 Å². The molecule has 0 fully saturated rings. The highest BCUT2D eigenvalue weighted by atomic mass is 16.2. The highest BCUT2D eigenvalue weighted by Crippen LogP contribution is 2.19. The summed E-state index contributed by atoms with van der Waals surface area (Å²) in [5.41, 5.74) is 3.74. The van der Waals surface area contributed by atoms with Gasteiger partial charge in [0.15, 0.2) is 0 Å². The quantitative estimate of drug-likeness (QED) is 0.634. The van der Waals surface area contributed by atoms with Crippen molar-refractivity contribution in [3.05, 3.63) is 84.1 Å². The smallest absolute Gasteiger partial charge is 0.243 e. The van der Waals surface area contributed by atoms with E-state index in [1.165, 1.54) is 0 Å². The molecule has 2 aromatic carbocycles. The Bertz CT molecular complexity index is 977. The lowest BCUT2D eigenvalue weighted by Crippen LogP contribution is -2.33. The van der Waals surface area contributed by atoms with Gasteiger partial charge >= 0.3 is 0 Å². The molecule has 3 aromatic rings. The zero-order valence-electron chi connectivity index (χ0n) is 14.9. The van der Waals surface area contributed by atoms with Crippen LogP contribution in [0.5, 0.6) is 0 Å². The molecule has 3 rings (SSSR count). The third-order valence-electron chi connectivity index (χ3n) is 4.47. The molecular weight excluding hydrogens is 322 g/mol. The Morgan fingerprint density at radius 2 is 1.96 bits per heavy atom. The fourth-order valence-corrected chi connectivity index (χ4v) is 3.11. The Morgan fingerprint density at radius 1 is 1.23 bits per heavy atom. The minimum Gasteiger partial charge on any atom is -0.335 e. The molecule has 4 heteroatoms. The van der Waals surface area contributed by atoms with E-state index in [2.05, 4.69) is 24.8 Å². The van der Waals surface area contributed by atoms with Crippen LogP contribution in [0.25, 0.3) is 10.9 Å². The average Bonchev–Trinajstić information content (AvgIpc) is 2.97. The van der Waals surface area contributed by atoms with Crippen molar-refractivity contribution in [2.45, 2.75) is 20.0 Å². The van der Waals surface area contributed by atoms with Gasteiger partial charge < -0.3 is 9.47 Å². The van der Waals surface area contributed by atoms with Gasteiger partial charge in [-0.05, 0) is 42.1 Å². The predicted molar refractivity (Wildman–Crippen MR) is 103 cm³/mol. The van der Waals surface area contributed by atoms with Gasteiger partial charge in [0.05, 0.1) is 11.6 Å². The molecule has 0 radical (unpaired) electrons. The number of amides is 1. The number of para-hydroxylation sites is 1. The summed E-state index contributed by atoms with van der Waals surface area (Å²) in [6.07, 6.45) is 1.74. The van der Waals surface area contributed by atoms with E-state index in [0.29, 0.717) is 25.2 Å². The summed E-state index contributed by atoms with van der Waals surface area (Å²) in [6, 6.07) is 19.6. The highest BCUT2D eigenvalue weighted by molar-refractivity contribution is 5.84. The van der Waals surface area contributed by atoms with Crippen LogP contribution < -0.4 is 0 Å². The lowest BCUT2D eigenvalue weighted by atomic mass is 10.1. The summed E-state index contributed by atoms with van der Waals surface area (Å²) in [5.74, 6) is 0.0405. The van der Waals surface area contributed by atoms with Gasteiger partial charge in [0.25, 0.3) is 0 Å². The fourth-order valence-electron chi connectivity index (χ4n) is 3.11. The van der Waals surface area contributed by atoms with Crippen LogP contribution in [0.1, 0.15) is 16.8 Å². The minimum atomic E-state index is 0.0405. The number of hydrogen-bond acceptors (Lipinski definition) is 2. The molecule has 0 spiro atoms. The van der Waals surface area contributed by atoms with Crippen LogP contribution in [0.15, 0.2) is 67.3 Å². The molecule has 0 atom stereocenters. The second-order valence-corrected chi connectivity index (χ2v) is 6.30. The van der Waals surface area contributed by atoms with Gasteiger partial charge in [-0.15, -0.1) is 6.58 Å². The summed E-state index contributed by atoms with van der Waals surface area (Å²) < 4.78 is 2.05. The van der Waals surface area contributed by atoms with E-state index in [-0.39, 0.29) is 5.91 Å². The first kappa shape index (κ1) is 17.5. The lowest BCUT2D eigenvalue weighted by molar-refractivity contribution is -0.131. The van der Waals surface area contributed by atoms with Crippen LogP contribution >= 0.6 is 0 Å². The zero-order valence-corrected chi connectivity index (χ0v) is 14.9. The van der Waals surface area contributed by atoms with Gasteiger partial charge in [0.1, 0.15) is 6.54 Å². The largest absolute Gasteiger partial charge is 0.335 e. The van der Waals surface area contributed by atoms with Crippen LogP contribution in [-0.2, 0) is 17.9 Å². The molecule has 0 saturated carbocycles. The molecule has 0 aliphatic rings. The maximum absolute atomic E-state index is 12.9. The van der Waals surface area contributed by atoms with E-state index in [0.717, 1.165) is 22.2 Å². The lowest BCUT2D eigenvalue weighted by Gasteiger charge is -2.22. The number of carbonyl (C=O) groups excluding carboxylic acids is 1. The molecule has 0 aliphatic heterocycles. The van der Waals surface area contributed by atoms with Gasteiger partial charge in [0.2, 0.25) is 5.91 Å². The van der Waals surface area contributed by atoms with Crippen molar-refractivity contribution in [1.82, 2.24) is 9.47 Å². The molecule has 130 valence electrons. The molecule has 0 bridgehead atoms. The van der Waals surface area contributed by atoms with Crippen molar-refractivity contribution >= 4 is 16.8 Å². The van der Waals surface area contributed by atoms with Crippen molar-refractivity contribution in [2.75, 3.05) is 6.54 Å². The van der Waals surface area contributed by atoms with E-state index in [1.54, 1.807) is 23.1 Å². The molecule has 26 heavy (non-hydrogen) atoms. The SMILES string of the molecule is C=CCN(Cc1ccc(C#N)cc1)C(=O)Cn1c(C)cc2ccccc21. The third-order valence-corrected chi connectivity index (χ3v) is 4.47. The summed E-state index contributed by atoms with van der Waals surface area (Å²) >= 11 is 0. The van der Waals surface area contributed by atoms with E-state index in [4.69, 9.17) is 5.26 Å². The number of aromatic nitrogens is 1. The topological polar surface area (TPSA) is 49.0 Å². The molecule has 0 saturated heterocycles. The number of hydrogen-bond donors (Lipinski definition) is 0. The maximum atomic E-state index is 12.9. The standard InChI is InChI=1S/C22H21N3O/c1-3-12-24(15-19-10-8-18(14-23)9-11-19)22(26)16-25-17(2)13-20-6-4-5-7-21(20)25/h3-11,13H,1,12,15-16H2,2H3. The van der Waals surface area contributed by atoms with Crippen LogP contribution in [0.2, 0.25) is 0 Å². The number of nitrogens with zero attached hydrogens (tertiary/aromatic N) is 3. The molecule has 0 N–H and O–H groups in total. The Hall–Kier alpha value is -3.32. The molecule has 1 aromatic heterocycles. The van der Waals surface area contributed by atoms with Crippen LogP contribution in [-0.4, -0.2) is 21.9 Å². The normalized spacial score (nSPS) is 10.5. The molecule has 4 nitrogen and oxygen atoms in total. The minimum absolute atomic E-state index is 0.0405. The second-order valence-electron chi connectivity index (χ2n) is 6.30. The fraction of sp³-hybridized carbons (Fsp3) is 0.182. The monoisotopic (exact) mass is 343 g/mol. The summed E-state index contributed by atoms with van der Waals surface area (Å²) in [4.78, 5) is 14.7. The van der Waals surface area contributed by atoms with Crippen molar-refractivity contribution in [2.24, 2.45) is 0 Å². The van der Waals surface area contributed by atoms with Crippen molar-refractivity contribution in [1.29, 1.82) is 5.26 Å². The van der Waals surface area contributed by atoms with Crippen LogP contribution in [0, 0.1) is 18.3 Å². The Morgan fingerprint density at radius 3 is 2.65 bits per heavy atom. The number of rotatable bonds is 6. The Labute approximate surface area is 153 Å². The number of fused-ring (bicyclic) bond motifs is 1. The second kappa shape index (κ2) is 7.71. The first-order valence-electron chi connectivity index (χ1n) is 8.55. The highest BCUT2D eigenvalue weighted by Gasteiger charge is 2.16. The number of aryl methyl sites for hydroxylation is 1. The van der Waals surface area contributed by atoms with Gasteiger partial charge in [0, 0.05) is 24.3 Å². The molecule has 1 amide bonds. The van der Waals surface area contributed by atoms with Gasteiger partial charge in [-0.1, -0.05) is 36.4 Å². The third kappa shape index (κ3) is 3.68.